The molecule has 54 valence electrons. The lowest BCUT2D eigenvalue weighted by Crippen LogP contribution is -2.19. The van der Waals surface area contributed by atoms with Gasteiger partial charge in [0.1, 0.15) is 0 Å². The van der Waals surface area contributed by atoms with Gasteiger partial charge < -0.3 is 5.73 Å². The Morgan fingerprint density at radius 1 is 1.44 bits per heavy atom. The zero-order chi connectivity index (χ0) is 7.44. The molecule has 0 aromatic carbocycles. The Morgan fingerprint density at radius 2 is 1.89 bits per heavy atom. The van der Waals surface area contributed by atoms with E-state index in [0.717, 1.165) is 0 Å². The van der Waals surface area contributed by atoms with E-state index >= 15 is 0 Å². The van der Waals surface area contributed by atoms with Crippen LogP contribution in [0.1, 0.15) is 20.8 Å². The third kappa shape index (κ3) is 4.33. The number of hydrogen-bond acceptors (Lipinski definition) is 2. The fraction of sp³-hybridized carbons (Fsp3) is 0.833. The Balaban J connectivity index is 3.84. The van der Waals surface area contributed by atoms with Crippen LogP contribution in [0.4, 0.5) is 0 Å². The van der Waals surface area contributed by atoms with Crippen molar-refractivity contribution in [3.8, 4) is 0 Å². The lowest BCUT2D eigenvalue weighted by atomic mass is 10.2. The van der Waals surface area contributed by atoms with Gasteiger partial charge in [0, 0.05) is 5.92 Å². The van der Waals surface area contributed by atoms with E-state index in [1.54, 1.807) is 0 Å². The van der Waals surface area contributed by atoms with Crippen LogP contribution in [0.15, 0.2) is 4.99 Å². The summed E-state index contributed by atoms with van der Waals surface area (Å²) in [6.45, 7) is 5.91. The average molecular weight is 146 g/mol. The zero-order valence-electron chi connectivity index (χ0n) is 6.13. The fourth-order valence-electron chi connectivity index (χ4n) is 0.365. The number of amidine groups is 1. The van der Waals surface area contributed by atoms with Crippen molar-refractivity contribution in [2.75, 3.05) is 0 Å². The van der Waals surface area contributed by atoms with Gasteiger partial charge in [-0.25, -0.2) is 0 Å². The van der Waals surface area contributed by atoms with Crippen molar-refractivity contribution < 1.29 is 0 Å². The number of nitrogens with two attached hydrogens (primary N) is 1. The molecule has 1 unspecified atom stereocenters. The maximum Gasteiger partial charge on any atom is 0.0976 e. The van der Waals surface area contributed by atoms with Gasteiger partial charge in [-0.05, 0) is 6.92 Å². The molecule has 0 radical (unpaired) electrons. The van der Waals surface area contributed by atoms with Crippen LogP contribution in [-0.2, 0) is 0 Å². The molecule has 0 aromatic rings. The first-order valence-corrected chi connectivity index (χ1v) is 3.57. The third-order valence-corrected chi connectivity index (χ3v) is 1.04. The topological polar surface area (TPSA) is 38.4 Å². The van der Waals surface area contributed by atoms with Crippen molar-refractivity contribution in [2.45, 2.75) is 26.1 Å². The first-order chi connectivity index (χ1) is 4.04. The van der Waals surface area contributed by atoms with Gasteiger partial charge in [0.05, 0.1) is 11.2 Å². The van der Waals surface area contributed by atoms with Crippen molar-refractivity contribution in [1.82, 2.24) is 0 Å². The highest BCUT2D eigenvalue weighted by atomic mass is 32.1. The molecule has 9 heavy (non-hydrogen) atoms. The summed E-state index contributed by atoms with van der Waals surface area (Å²) in [4.78, 5) is 4.04. The molecule has 0 saturated carbocycles. The molecular formula is C6H14N2S. The van der Waals surface area contributed by atoms with Gasteiger partial charge in [-0.15, -0.1) is 0 Å². The first-order valence-electron chi connectivity index (χ1n) is 3.05. The molecule has 2 nitrogen and oxygen atoms in total. The fourth-order valence-corrected chi connectivity index (χ4v) is 0.498. The number of aliphatic imine (C=N–C) groups is 1. The number of thiol groups is 1. The molecule has 0 spiro atoms. The Labute approximate surface area is 62.0 Å². The van der Waals surface area contributed by atoms with Crippen LogP contribution >= 0.6 is 12.6 Å². The normalized spacial score (nSPS) is 16.3. The molecule has 0 aromatic heterocycles. The Hall–Kier alpha value is -0.180. The van der Waals surface area contributed by atoms with E-state index in [2.05, 4.69) is 17.6 Å². The van der Waals surface area contributed by atoms with Gasteiger partial charge in [-0.2, -0.15) is 12.6 Å². The van der Waals surface area contributed by atoms with Gasteiger partial charge in [0.25, 0.3) is 0 Å². The van der Waals surface area contributed by atoms with Crippen LogP contribution in [0.2, 0.25) is 0 Å². The van der Waals surface area contributed by atoms with Gasteiger partial charge in [0.2, 0.25) is 0 Å². The standard InChI is InChI=1S/C6H14N2S/c1-4(2)6(7)8-5(3)9/h4-5,9H,1-3H3,(H2,7,8). The predicted molar refractivity (Wildman–Crippen MR) is 44.9 cm³/mol. The predicted octanol–water partition coefficient (Wildman–Crippen LogP) is 1.28. The Kier molecular flexibility index (Phi) is 3.70. The molecule has 0 aliphatic rings. The second-order valence-corrected chi connectivity index (χ2v) is 3.09. The summed E-state index contributed by atoms with van der Waals surface area (Å²) >= 11 is 4.06. The smallest absolute Gasteiger partial charge is 0.0976 e. The molecule has 0 amide bonds. The first kappa shape index (κ1) is 8.82. The van der Waals surface area contributed by atoms with E-state index in [1.807, 2.05) is 20.8 Å². The highest BCUT2D eigenvalue weighted by Gasteiger charge is 1.98. The minimum absolute atomic E-state index is 0.0207. The molecule has 0 fully saturated rings. The van der Waals surface area contributed by atoms with E-state index < -0.39 is 0 Å². The van der Waals surface area contributed by atoms with Gasteiger partial charge in [-0.3, -0.25) is 4.99 Å². The summed E-state index contributed by atoms with van der Waals surface area (Å²) in [5.41, 5.74) is 5.52. The summed E-state index contributed by atoms with van der Waals surface area (Å²) in [6.07, 6.45) is 0. The van der Waals surface area contributed by atoms with Crippen molar-refractivity contribution >= 4 is 18.5 Å². The minimum Gasteiger partial charge on any atom is -0.387 e. The molecule has 1 atom stereocenters. The molecule has 0 rings (SSSR count). The van der Waals surface area contributed by atoms with Gasteiger partial charge >= 0.3 is 0 Å². The van der Waals surface area contributed by atoms with E-state index in [-0.39, 0.29) is 5.37 Å². The zero-order valence-corrected chi connectivity index (χ0v) is 7.02. The quantitative estimate of drug-likeness (QED) is 0.344. The van der Waals surface area contributed by atoms with Crippen LogP contribution in [0.5, 0.6) is 0 Å². The maximum absolute atomic E-state index is 5.52. The molecular weight excluding hydrogens is 132 g/mol. The summed E-state index contributed by atoms with van der Waals surface area (Å²) in [7, 11) is 0. The molecule has 0 heterocycles. The second-order valence-electron chi connectivity index (χ2n) is 2.34. The van der Waals surface area contributed by atoms with Crippen LogP contribution in [-0.4, -0.2) is 11.2 Å². The minimum atomic E-state index is 0.0207. The molecule has 2 N–H and O–H groups in total. The third-order valence-electron chi connectivity index (χ3n) is 0.927. The maximum atomic E-state index is 5.52. The van der Waals surface area contributed by atoms with Crippen LogP contribution in [0.25, 0.3) is 0 Å². The lowest BCUT2D eigenvalue weighted by Gasteiger charge is -2.04. The Bertz CT molecular complexity index is 108. The van der Waals surface area contributed by atoms with Crippen LogP contribution in [0.3, 0.4) is 0 Å². The Morgan fingerprint density at radius 3 is 2.00 bits per heavy atom. The molecule has 0 bridgehead atoms. The second kappa shape index (κ2) is 3.77. The summed E-state index contributed by atoms with van der Waals surface area (Å²) in [5.74, 6) is 1.01. The van der Waals surface area contributed by atoms with E-state index in [9.17, 15) is 0 Å². The van der Waals surface area contributed by atoms with Crippen LogP contribution < -0.4 is 5.73 Å². The lowest BCUT2D eigenvalue weighted by molar-refractivity contribution is 0.854. The SMILES string of the molecule is CC(S)N=C(N)C(C)C. The van der Waals surface area contributed by atoms with Gasteiger partial charge in [0.15, 0.2) is 0 Å². The van der Waals surface area contributed by atoms with E-state index in [4.69, 9.17) is 5.73 Å². The average Bonchev–Trinajstić information content (AvgIpc) is 1.63. The van der Waals surface area contributed by atoms with E-state index in [0.29, 0.717) is 11.8 Å². The highest BCUT2D eigenvalue weighted by Crippen LogP contribution is 1.98. The highest BCUT2D eigenvalue weighted by molar-refractivity contribution is 7.80. The van der Waals surface area contributed by atoms with Crippen molar-refractivity contribution in [1.29, 1.82) is 0 Å². The number of hydrogen-bond donors (Lipinski definition) is 2. The van der Waals surface area contributed by atoms with Crippen molar-refractivity contribution in [2.24, 2.45) is 16.6 Å². The summed E-state index contributed by atoms with van der Waals surface area (Å²) in [6, 6.07) is 0. The van der Waals surface area contributed by atoms with Gasteiger partial charge in [-0.1, -0.05) is 13.8 Å². The van der Waals surface area contributed by atoms with Crippen molar-refractivity contribution in [3.63, 3.8) is 0 Å². The van der Waals surface area contributed by atoms with Crippen LogP contribution in [0, 0.1) is 5.92 Å². The van der Waals surface area contributed by atoms with Crippen molar-refractivity contribution in [3.05, 3.63) is 0 Å². The molecule has 0 saturated heterocycles. The summed E-state index contributed by atoms with van der Waals surface area (Å²) in [5, 5.41) is 0.0207. The molecule has 0 aliphatic heterocycles. The summed E-state index contributed by atoms with van der Waals surface area (Å²) < 4.78 is 0. The molecule has 3 heteroatoms. The number of rotatable bonds is 2. The largest absolute Gasteiger partial charge is 0.387 e. The molecule has 0 aliphatic carbocycles. The number of nitrogens with zero attached hydrogens (tertiary/aromatic N) is 1. The monoisotopic (exact) mass is 146 g/mol. The van der Waals surface area contributed by atoms with E-state index in [1.165, 1.54) is 0 Å².